The molecular weight excluding hydrogens is 557 g/mol. The minimum Gasteiger partial charge on any atom is -0.335 e. The van der Waals surface area contributed by atoms with Crippen LogP contribution in [0.15, 0.2) is 30.7 Å². The molecular formula is C34H50FN7O2. The number of halogens is 1. The average molecular weight is 608 g/mol. The number of urea groups is 1. The molecule has 2 atom stereocenters. The number of hydrogen-bond donors (Lipinski definition) is 2. The Labute approximate surface area is 261 Å². The van der Waals surface area contributed by atoms with E-state index in [0.717, 1.165) is 42.5 Å². The molecule has 9 nitrogen and oxygen atoms in total. The first-order chi connectivity index (χ1) is 20.7. The summed E-state index contributed by atoms with van der Waals surface area (Å²) in [6.45, 7) is 15.5. The van der Waals surface area contributed by atoms with Gasteiger partial charge in [-0.3, -0.25) is 9.69 Å². The van der Waals surface area contributed by atoms with Crippen LogP contribution in [-0.2, 0) is 4.79 Å². The van der Waals surface area contributed by atoms with Crippen LogP contribution in [-0.4, -0.2) is 75.0 Å². The molecule has 240 valence electrons. The molecule has 0 unspecified atom stereocenters. The molecule has 0 spiro atoms. The first-order valence-electron chi connectivity index (χ1n) is 15.9. The molecule has 4 rings (SSSR count). The summed E-state index contributed by atoms with van der Waals surface area (Å²) in [7, 11) is 3.45. The number of amides is 3. The van der Waals surface area contributed by atoms with E-state index < -0.39 is 5.41 Å². The molecule has 2 N–H and O–H groups in total. The summed E-state index contributed by atoms with van der Waals surface area (Å²) < 4.78 is 17.1. The van der Waals surface area contributed by atoms with Crippen molar-refractivity contribution in [1.82, 2.24) is 29.7 Å². The van der Waals surface area contributed by atoms with E-state index in [0.29, 0.717) is 41.8 Å². The van der Waals surface area contributed by atoms with Gasteiger partial charge in [-0.25, -0.2) is 19.2 Å². The van der Waals surface area contributed by atoms with E-state index in [1.165, 1.54) is 11.0 Å². The molecule has 1 saturated carbocycles. The van der Waals surface area contributed by atoms with Gasteiger partial charge in [0.1, 0.15) is 11.3 Å². The Balaban J connectivity index is 1.66. The average Bonchev–Trinajstić information content (AvgIpc) is 3.39. The fraction of sp³-hybridized carbons (Fsp3) is 0.588. The lowest BCUT2D eigenvalue weighted by atomic mass is 9.69. The molecule has 2 aromatic heterocycles. The number of aryl methyl sites for hydroxylation is 1. The number of carbonyl (C=O) groups is 2. The van der Waals surface area contributed by atoms with E-state index in [9.17, 15) is 9.59 Å². The Kier molecular flexibility index (Phi) is 10.3. The third-order valence-corrected chi connectivity index (χ3v) is 9.08. The highest BCUT2D eigenvalue weighted by molar-refractivity contribution is 5.95. The first-order valence-corrected chi connectivity index (χ1v) is 15.9. The predicted molar refractivity (Wildman–Crippen MR) is 175 cm³/mol. The van der Waals surface area contributed by atoms with Crippen molar-refractivity contribution in [3.63, 3.8) is 0 Å². The van der Waals surface area contributed by atoms with E-state index in [-0.39, 0.29) is 29.8 Å². The van der Waals surface area contributed by atoms with Crippen LogP contribution in [0.4, 0.5) is 15.0 Å². The SMILES string of the molecule is Cc1cnc(NC(=O)[C@]2(CCN(C(C)C)C(C)C)CCC[C@@H](NC(=O)N(C)C)C2)cc1-c1cc(F)c2ncn(C(C)C)c2c1. The molecule has 1 aliphatic carbocycles. The predicted octanol–water partition coefficient (Wildman–Crippen LogP) is 6.77. The first kappa shape index (κ1) is 33.4. The molecule has 0 bridgehead atoms. The van der Waals surface area contributed by atoms with Crippen molar-refractivity contribution in [3.8, 4) is 11.1 Å². The van der Waals surface area contributed by atoms with Crippen LogP contribution in [0.2, 0.25) is 0 Å². The van der Waals surface area contributed by atoms with Crippen LogP contribution in [0, 0.1) is 18.2 Å². The van der Waals surface area contributed by atoms with Gasteiger partial charge in [0.05, 0.1) is 17.3 Å². The monoisotopic (exact) mass is 607 g/mol. The van der Waals surface area contributed by atoms with Crippen molar-refractivity contribution in [2.45, 2.75) is 105 Å². The zero-order valence-corrected chi connectivity index (χ0v) is 27.9. The summed E-state index contributed by atoms with van der Waals surface area (Å²) in [6, 6.07) is 5.85. The smallest absolute Gasteiger partial charge is 0.317 e. The van der Waals surface area contributed by atoms with E-state index in [1.54, 1.807) is 26.6 Å². The fourth-order valence-corrected chi connectivity index (χ4v) is 6.60. The number of fused-ring (bicyclic) bond motifs is 1. The largest absolute Gasteiger partial charge is 0.335 e. The molecule has 1 fully saturated rings. The van der Waals surface area contributed by atoms with Gasteiger partial charge in [0.25, 0.3) is 0 Å². The van der Waals surface area contributed by atoms with Crippen LogP contribution < -0.4 is 10.6 Å². The van der Waals surface area contributed by atoms with Crippen LogP contribution in [0.25, 0.3) is 22.2 Å². The van der Waals surface area contributed by atoms with Gasteiger partial charge >= 0.3 is 6.03 Å². The highest BCUT2D eigenvalue weighted by atomic mass is 19.1. The van der Waals surface area contributed by atoms with Gasteiger partial charge in [-0.15, -0.1) is 0 Å². The second-order valence-corrected chi connectivity index (χ2v) is 13.5. The normalized spacial score (nSPS) is 18.9. The number of imidazole rings is 1. The molecule has 2 heterocycles. The maximum atomic E-state index is 15.2. The standard InChI is InChI=1S/C34H50FN7O2/c1-21(2)41(22(3)4)14-13-34(12-10-11-26(18-34)38-33(44)40(8)9)32(43)39-30-17-27(24(7)19-36-30)25-15-28(35)31-29(16-25)42(20-37-31)23(5)6/h15-17,19-23,26H,10-14,18H2,1-9H3,(H,38,44)(H,36,39,43)/t26-,34+/m1/s1. The molecule has 10 heteroatoms. The Hall–Kier alpha value is -3.53. The number of benzene rings is 1. The molecule has 44 heavy (non-hydrogen) atoms. The second kappa shape index (κ2) is 13.6. The maximum absolute atomic E-state index is 15.2. The third kappa shape index (κ3) is 7.22. The molecule has 0 saturated heterocycles. The number of carbonyl (C=O) groups excluding carboxylic acids is 2. The Morgan fingerprint density at radius 1 is 1.09 bits per heavy atom. The van der Waals surface area contributed by atoms with Gasteiger partial charge < -0.3 is 20.1 Å². The number of aromatic nitrogens is 3. The number of hydrogen-bond acceptors (Lipinski definition) is 5. The summed E-state index contributed by atoms with van der Waals surface area (Å²) >= 11 is 0. The van der Waals surface area contributed by atoms with Crippen LogP contribution >= 0.6 is 0 Å². The van der Waals surface area contributed by atoms with Crippen molar-refractivity contribution in [1.29, 1.82) is 0 Å². The van der Waals surface area contributed by atoms with Gasteiger partial charge in [-0.1, -0.05) is 6.42 Å². The Morgan fingerprint density at radius 3 is 2.43 bits per heavy atom. The van der Waals surface area contributed by atoms with Crippen LogP contribution in [0.3, 0.4) is 0 Å². The number of rotatable bonds is 10. The van der Waals surface area contributed by atoms with Gasteiger partial charge in [-0.05, 0) is 116 Å². The number of nitrogens with one attached hydrogen (secondary N) is 2. The number of nitrogens with zero attached hydrogens (tertiary/aromatic N) is 5. The summed E-state index contributed by atoms with van der Waals surface area (Å²) in [5.41, 5.74) is 2.77. The lowest BCUT2D eigenvalue weighted by Crippen LogP contribution is -2.51. The fourth-order valence-electron chi connectivity index (χ4n) is 6.60. The summed E-state index contributed by atoms with van der Waals surface area (Å²) in [5, 5.41) is 6.27. The van der Waals surface area contributed by atoms with Crippen molar-refractivity contribution in [3.05, 3.63) is 42.1 Å². The minimum atomic E-state index is -0.675. The zero-order valence-electron chi connectivity index (χ0n) is 27.9. The minimum absolute atomic E-state index is 0.0874. The Bertz CT molecular complexity index is 1470. The number of pyridine rings is 1. The molecule has 1 aromatic carbocycles. The van der Waals surface area contributed by atoms with Crippen molar-refractivity contribution < 1.29 is 14.0 Å². The molecule has 1 aliphatic rings. The zero-order chi connectivity index (χ0) is 32.3. The van der Waals surface area contributed by atoms with E-state index in [1.807, 2.05) is 37.5 Å². The van der Waals surface area contributed by atoms with Gasteiger partial charge in [0.2, 0.25) is 5.91 Å². The summed E-state index contributed by atoms with van der Waals surface area (Å²) in [4.78, 5) is 39.6. The van der Waals surface area contributed by atoms with Gasteiger partial charge in [-0.2, -0.15) is 0 Å². The van der Waals surface area contributed by atoms with Gasteiger partial charge in [0, 0.05) is 44.5 Å². The quantitative estimate of drug-likeness (QED) is 0.265. The lowest BCUT2D eigenvalue weighted by Gasteiger charge is -2.42. The van der Waals surface area contributed by atoms with Crippen LogP contribution in [0.1, 0.15) is 85.3 Å². The van der Waals surface area contributed by atoms with Crippen molar-refractivity contribution >= 4 is 28.8 Å². The Morgan fingerprint density at radius 2 is 1.80 bits per heavy atom. The molecule has 0 radical (unpaired) electrons. The van der Waals surface area contributed by atoms with E-state index in [2.05, 4.69) is 53.2 Å². The van der Waals surface area contributed by atoms with E-state index in [4.69, 9.17) is 0 Å². The number of anilines is 1. The van der Waals surface area contributed by atoms with Crippen molar-refractivity contribution in [2.75, 3.05) is 26.0 Å². The van der Waals surface area contributed by atoms with Gasteiger partial charge in [0.15, 0.2) is 5.82 Å². The molecule has 3 aromatic rings. The van der Waals surface area contributed by atoms with Crippen LogP contribution in [0.5, 0.6) is 0 Å². The maximum Gasteiger partial charge on any atom is 0.317 e. The summed E-state index contributed by atoms with van der Waals surface area (Å²) in [5.74, 6) is -0.0435. The topological polar surface area (TPSA) is 95.4 Å². The van der Waals surface area contributed by atoms with Crippen molar-refractivity contribution in [2.24, 2.45) is 5.41 Å². The third-order valence-electron chi connectivity index (χ3n) is 9.08. The molecule has 3 amide bonds. The molecule has 0 aliphatic heterocycles. The highest BCUT2D eigenvalue weighted by Crippen LogP contribution is 2.41. The lowest BCUT2D eigenvalue weighted by molar-refractivity contribution is -0.129. The highest BCUT2D eigenvalue weighted by Gasteiger charge is 2.43. The summed E-state index contributed by atoms with van der Waals surface area (Å²) in [6.07, 6.45) is 7.03. The van der Waals surface area contributed by atoms with E-state index >= 15 is 4.39 Å². The second-order valence-electron chi connectivity index (χ2n) is 13.5.